The number of ether oxygens (including phenoxy) is 2. The first-order valence-electron chi connectivity index (χ1n) is 11.0. The topological polar surface area (TPSA) is 86.0 Å². The van der Waals surface area contributed by atoms with E-state index in [0.29, 0.717) is 41.7 Å². The van der Waals surface area contributed by atoms with Crippen molar-refractivity contribution in [2.24, 2.45) is 5.10 Å². The van der Waals surface area contributed by atoms with E-state index in [1.165, 1.54) is 18.3 Å². The molecule has 0 bridgehead atoms. The van der Waals surface area contributed by atoms with Crippen LogP contribution in [0, 0.1) is 15.9 Å². The number of nitro benzene ring substituents is 1. The van der Waals surface area contributed by atoms with E-state index in [0.717, 1.165) is 17.7 Å². The number of halogens is 4. The number of benzene rings is 3. The van der Waals surface area contributed by atoms with Crippen LogP contribution in [0.1, 0.15) is 29.2 Å². The standard InChI is InChI=1S/C26H23F4N3O4/c1-3-5-19-12-18(13-24(36-4-2)25(19)37-16-17-6-9-21(27)10-7-17)15-31-32-22-11-8-20(26(28,29)30)14-23(22)33(34)35/h3,6-15,32H,1,4-5,16H2,2H3/b31-15-. The van der Waals surface area contributed by atoms with Crippen LogP contribution in [-0.4, -0.2) is 17.7 Å². The zero-order valence-electron chi connectivity index (χ0n) is 19.7. The third kappa shape index (κ3) is 7.29. The molecule has 0 spiro atoms. The zero-order valence-corrected chi connectivity index (χ0v) is 19.7. The smallest absolute Gasteiger partial charge is 0.416 e. The molecule has 0 aliphatic rings. The van der Waals surface area contributed by atoms with Crippen molar-refractivity contribution in [3.8, 4) is 11.5 Å². The van der Waals surface area contributed by atoms with Gasteiger partial charge in [0.2, 0.25) is 0 Å². The number of hydrogen-bond acceptors (Lipinski definition) is 6. The highest BCUT2D eigenvalue weighted by Gasteiger charge is 2.33. The van der Waals surface area contributed by atoms with Gasteiger partial charge >= 0.3 is 6.18 Å². The van der Waals surface area contributed by atoms with Crippen LogP contribution in [0.5, 0.6) is 11.5 Å². The predicted molar refractivity (Wildman–Crippen MR) is 132 cm³/mol. The second-order valence-corrected chi connectivity index (χ2v) is 7.71. The van der Waals surface area contributed by atoms with Crippen molar-refractivity contribution < 1.29 is 32.0 Å². The fourth-order valence-electron chi connectivity index (χ4n) is 3.36. The van der Waals surface area contributed by atoms with E-state index in [-0.39, 0.29) is 18.1 Å². The van der Waals surface area contributed by atoms with Crippen LogP contribution in [0.4, 0.5) is 28.9 Å². The van der Waals surface area contributed by atoms with Gasteiger partial charge in [0.1, 0.15) is 18.1 Å². The van der Waals surface area contributed by atoms with Crippen LogP contribution >= 0.6 is 0 Å². The molecule has 11 heteroatoms. The maximum Gasteiger partial charge on any atom is 0.416 e. The van der Waals surface area contributed by atoms with Gasteiger partial charge in [-0.05, 0) is 60.9 Å². The summed E-state index contributed by atoms with van der Waals surface area (Å²) in [6, 6.07) is 11.4. The van der Waals surface area contributed by atoms with Crippen molar-refractivity contribution >= 4 is 17.6 Å². The van der Waals surface area contributed by atoms with Crippen LogP contribution in [0.25, 0.3) is 0 Å². The summed E-state index contributed by atoms with van der Waals surface area (Å²) in [4.78, 5) is 10.4. The molecule has 0 aliphatic carbocycles. The van der Waals surface area contributed by atoms with E-state index in [9.17, 15) is 27.7 Å². The van der Waals surface area contributed by atoms with Gasteiger partial charge in [-0.25, -0.2) is 4.39 Å². The Labute approximate surface area is 210 Å². The first-order chi connectivity index (χ1) is 17.6. The Bertz CT molecular complexity index is 1290. The van der Waals surface area contributed by atoms with E-state index in [1.807, 2.05) is 0 Å². The Kier molecular flexibility index (Phi) is 8.83. The third-order valence-electron chi connectivity index (χ3n) is 5.04. The minimum absolute atomic E-state index is 0.164. The fourth-order valence-corrected chi connectivity index (χ4v) is 3.36. The van der Waals surface area contributed by atoms with E-state index < -0.39 is 22.4 Å². The summed E-state index contributed by atoms with van der Waals surface area (Å²) >= 11 is 0. The van der Waals surface area contributed by atoms with Crippen molar-refractivity contribution in [3.63, 3.8) is 0 Å². The molecule has 3 aromatic rings. The van der Waals surface area contributed by atoms with Gasteiger partial charge in [-0.1, -0.05) is 18.2 Å². The quantitative estimate of drug-likeness (QED) is 0.0983. The van der Waals surface area contributed by atoms with E-state index in [2.05, 4.69) is 17.1 Å². The number of nitrogens with one attached hydrogen (secondary N) is 1. The summed E-state index contributed by atoms with van der Waals surface area (Å²) in [5, 5.41) is 15.2. The molecular weight excluding hydrogens is 494 g/mol. The molecule has 0 radical (unpaired) electrons. The van der Waals surface area contributed by atoms with Crippen LogP contribution in [-0.2, 0) is 19.2 Å². The summed E-state index contributed by atoms with van der Waals surface area (Å²) in [6.07, 6.45) is -1.29. The summed E-state index contributed by atoms with van der Waals surface area (Å²) in [5.74, 6) is 0.519. The molecule has 0 unspecified atom stereocenters. The number of anilines is 1. The largest absolute Gasteiger partial charge is 0.490 e. The molecule has 3 aromatic carbocycles. The first kappa shape index (κ1) is 27.2. The van der Waals surface area contributed by atoms with Crippen molar-refractivity contribution in [2.75, 3.05) is 12.0 Å². The molecular formula is C26H23F4N3O4. The lowest BCUT2D eigenvalue weighted by atomic mass is 10.1. The van der Waals surface area contributed by atoms with Gasteiger partial charge in [0.05, 0.1) is 23.3 Å². The molecule has 0 aliphatic heterocycles. The number of hydrazone groups is 1. The number of alkyl halides is 3. The normalized spacial score (nSPS) is 11.4. The Morgan fingerprint density at radius 2 is 1.84 bits per heavy atom. The Hall–Kier alpha value is -4.41. The average molecular weight is 517 g/mol. The molecule has 0 heterocycles. The zero-order chi connectivity index (χ0) is 27.0. The molecule has 7 nitrogen and oxygen atoms in total. The number of nitro groups is 1. The van der Waals surface area contributed by atoms with Gasteiger partial charge < -0.3 is 9.47 Å². The third-order valence-corrected chi connectivity index (χ3v) is 5.04. The maximum atomic E-state index is 13.2. The van der Waals surface area contributed by atoms with Crippen molar-refractivity contribution in [1.82, 2.24) is 0 Å². The number of allylic oxidation sites excluding steroid dienone is 1. The average Bonchev–Trinajstić information content (AvgIpc) is 2.84. The molecule has 37 heavy (non-hydrogen) atoms. The Morgan fingerprint density at radius 3 is 2.46 bits per heavy atom. The van der Waals surface area contributed by atoms with Crippen molar-refractivity contribution in [3.05, 3.63) is 105 Å². The summed E-state index contributed by atoms with van der Waals surface area (Å²) in [7, 11) is 0. The second kappa shape index (κ2) is 12.0. The van der Waals surface area contributed by atoms with Gasteiger partial charge in [-0.2, -0.15) is 18.3 Å². The van der Waals surface area contributed by atoms with E-state index in [1.54, 1.807) is 37.3 Å². The number of nitrogens with zero attached hydrogens (tertiary/aromatic N) is 2. The minimum Gasteiger partial charge on any atom is -0.490 e. The Morgan fingerprint density at radius 1 is 1.11 bits per heavy atom. The van der Waals surface area contributed by atoms with Crippen LogP contribution in [0.2, 0.25) is 0 Å². The lowest BCUT2D eigenvalue weighted by molar-refractivity contribution is -0.384. The van der Waals surface area contributed by atoms with Crippen molar-refractivity contribution in [2.45, 2.75) is 26.1 Å². The molecule has 0 saturated carbocycles. The summed E-state index contributed by atoms with van der Waals surface area (Å²) < 4.78 is 63.7. The fraction of sp³-hybridized carbons (Fsp3) is 0.192. The highest BCUT2D eigenvalue weighted by atomic mass is 19.4. The second-order valence-electron chi connectivity index (χ2n) is 7.71. The van der Waals surface area contributed by atoms with Gasteiger partial charge in [-0.3, -0.25) is 15.5 Å². The van der Waals surface area contributed by atoms with E-state index in [4.69, 9.17) is 9.47 Å². The van der Waals surface area contributed by atoms with Gasteiger partial charge in [0.25, 0.3) is 5.69 Å². The van der Waals surface area contributed by atoms with Crippen LogP contribution in [0.3, 0.4) is 0 Å². The highest BCUT2D eigenvalue weighted by Crippen LogP contribution is 2.36. The van der Waals surface area contributed by atoms with E-state index >= 15 is 0 Å². The lowest BCUT2D eigenvalue weighted by Crippen LogP contribution is -2.07. The highest BCUT2D eigenvalue weighted by molar-refractivity contribution is 5.82. The minimum atomic E-state index is -4.72. The van der Waals surface area contributed by atoms with Gasteiger partial charge in [-0.15, -0.1) is 6.58 Å². The molecule has 0 saturated heterocycles. The lowest BCUT2D eigenvalue weighted by Gasteiger charge is -2.17. The molecule has 0 atom stereocenters. The first-order valence-corrected chi connectivity index (χ1v) is 11.0. The van der Waals surface area contributed by atoms with Crippen molar-refractivity contribution in [1.29, 1.82) is 0 Å². The Balaban J connectivity index is 1.87. The molecule has 0 aromatic heterocycles. The van der Waals surface area contributed by atoms with Crippen LogP contribution in [0.15, 0.2) is 72.4 Å². The number of rotatable bonds is 11. The molecule has 1 N–H and O–H groups in total. The monoisotopic (exact) mass is 517 g/mol. The molecule has 0 amide bonds. The van der Waals surface area contributed by atoms with Gasteiger partial charge in [0, 0.05) is 11.6 Å². The van der Waals surface area contributed by atoms with Gasteiger partial charge in [0.15, 0.2) is 11.5 Å². The molecule has 194 valence electrons. The summed E-state index contributed by atoms with van der Waals surface area (Å²) in [5.41, 5.74) is 2.32. The molecule has 0 fully saturated rings. The van der Waals surface area contributed by atoms with Crippen LogP contribution < -0.4 is 14.9 Å². The predicted octanol–water partition coefficient (Wildman–Crippen LogP) is 6.90. The summed E-state index contributed by atoms with van der Waals surface area (Å²) in [6.45, 7) is 6.04. The SMILES string of the molecule is C=CCc1cc(/C=N\Nc2ccc(C(F)(F)F)cc2[N+](=O)[O-])cc(OCC)c1OCc1ccc(F)cc1. The maximum absolute atomic E-state index is 13.2. The number of hydrogen-bond donors (Lipinski definition) is 1. The molecule has 3 rings (SSSR count).